The number of piperidine rings is 1. The van der Waals surface area contributed by atoms with Crippen molar-refractivity contribution in [1.82, 2.24) is 10.2 Å². The Morgan fingerprint density at radius 2 is 1.90 bits per heavy atom. The normalized spacial score (nSPS) is 23.1. The summed E-state index contributed by atoms with van der Waals surface area (Å²) < 4.78 is 5.32. The van der Waals surface area contributed by atoms with Crippen molar-refractivity contribution < 1.29 is 14.6 Å². The van der Waals surface area contributed by atoms with Gasteiger partial charge in [0, 0.05) is 49.2 Å². The van der Waals surface area contributed by atoms with Crippen LogP contribution in [0.1, 0.15) is 75.8 Å². The van der Waals surface area contributed by atoms with E-state index in [4.69, 9.17) is 16.3 Å². The van der Waals surface area contributed by atoms with Gasteiger partial charge in [0.05, 0.1) is 5.60 Å². The second-order valence-electron chi connectivity index (χ2n) is 12.0. The van der Waals surface area contributed by atoms with E-state index in [1.54, 1.807) is 7.11 Å². The van der Waals surface area contributed by atoms with E-state index >= 15 is 0 Å². The highest BCUT2D eigenvalue weighted by Crippen LogP contribution is 2.46. The highest BCUT2D eigenvalue weighted by Gasteiger charge is 2.43. The maximum atomic E-state index is 13.7. The van der Waals surface area contributed by atoms with E-state index < -0.39 is 5.60 Å². The SMILES string of the molecule is CCc1cccc(-c2c(Cl)cccc2[C@](O)(CCCCOC)[C@@H]2CCCN(C(=O)C3CCC(CNC)CC3)C2)c1. The van der Waals surface area contributed by atoms with Crippen molar-refractivity contribution in [2.45, 2.75) is 76.7 Å². The summed E-state index contributed by atoms with van der Waals surface area (Å²) in [6, 6.07) is 14.4. The summed E-state index contributed by atoms with van der Waals surface area (Å²) in [6.45, 7) is 5.23. The van der Waals surface area contributed by atoms with Gasteiger partial charge in [-0.15, -0.1) is 0 Å². The third-order valence-corrected chi connectivity index (χ3v) is 9.67. The van der Waals surface area contributed by atoms with Crippen LogP contribution in [0.4, 0.5) is 0 Å². The number of hydrogen-bond donors (Lipinski definition) is 2. The zero-order chi connectivity index (χ0) is 28.5. The van der Waals surface area contributed by atoms with Crippen molar-refractivity contribution in [2.24, 2.45) is 17.8 Å². The minimum atomic E-state index is -1.10. The Balaban J connectivity index is 1.63. The first kappa shape index (κ1) is 31.0. The van der Waals surface area contributed by atoms with Gasteiger partial charge >= 0.3 is 0 Å². The molecule has 6 heteroatoms. The fourth-order valence-corrected chi connectivity index (χ4v) is 7.34. The van der Waals surface area contributed by atoms with Crippen LogP contribution < -0.4 is 5.32 Å². The molecule has 1 heterocycles. The molecule has 2 aromatic carbocycles. The largest absolute Gasteiger partial charge is 0.385 e. The van der Waals surface area contributed by atoms with E-state index in [9.17, 15) is 9.90 Å². The Labute approximate surface area is 246 Å². The molecule has 2 aliphatic rings. The Morgan fingerprint density at radius 1 is 1.12 bits per heavy atom. The molecule has 1 aliphatic heterocycles. The first-order chi connectivity index (χ1) is 19.4. The lowest BCUT2D eigenvalue weighted by molar-refractivity contribution is -0.142. The van der Waals surface area contributed by atoms with Crippen LogP contribution in [0.3, 0.4) is 0 Å². The summed E-state index contributed by atoms with van der Waals surface area (Å²) in [7, 11) is 3.73. The van der Waals surface area contributed by atoms with Crippen LogP contribution in [0.15, 0.2) is 42.5 Å². The molecule has 1 aliphatic carbocycles. The fourth-order valence-electron chi connectivity index (χ4n) is 7.05. The van der Waals surface area contributed by atoms with Crippen molar-refractivity contribution in [3.8, 4) is 11.1 Å². The van der Waals surface area contributed by atoms with Crippen molar-refractivity contribution in [2.75, 3.05) is 40.4 Å². The van der Waals surface area contributed by atoms with Gasteiger partial charge < -0.3 is 20.1 Å². The number of methoxy groups -OCH3 is 1. The van der Waals surface area contributed by atoms with E-state index in [1.807, 2.05) is 19.2 Å². The molecule has 1 amide bonds. The summed E-state index contributed by atoms with van der Waals surface area (Å²) in [5.41, 5.74) is 2.99. The Kier molecular flexibility index (Phi) is 11.5. The molecule has 0 aromatic heterocycles. The third kappa shape index (κ3) is 7.28. The van der Waals surface area contributed by atoms with Crippen LogP contribution in [0.5, 0.6) is 0 Å². The van der Waals surface area contributed by atoms with Gasteiger partial charge in [0.25, 0.3) is 0 Å². The van der Waals surface area contributed by atoms with Crippen LogP contribution in [-0.4, -0.2) is 56.3 Å². The maximum Gasteiger partial charge on any atom is 0.225 e. The smallest absolute Gasteiger partial charge is 0.225 e. The lowest BCUT2D eigenvalue weighted by Crippen LogP contribution is -2.50. The predicted molar refractivity (Wildman–Crippen MR) is 165 cm³/mol. The molecule has 0 spiro atoms. The number of likely N-dealkylation sites (tertiary alicyclic amines) is 1. The van der Waals surface area contributed by atoms with Gasteiger partial charge in [-0.1, -0.05) is 54.9 Å². The Bertz CT molecular complexity index is 1100. The van der Waals surface area contributed by atoms with E-state index in [2.05, 4.69) is 47.5 Å². The second-order valence-corrected chi connectivity index (χ2v) is 12.4. The molecule has 2 N–H and O–H groups in total. The molecule has 0 bridgehead atoms. The van der Waals surface area contributed by atoms with Crippen molar-refractivity contribution in [1.29, 1.82) is 0 Å². The van der Waals surface area contributed by atoms with Crippen LogP contribution >= 0.6 is 11.6 Å². The van der Waals surface area contributed by atoms with Gasteiger partial charge in [-0.25, -0.2) is 0 Å². The van der Waals surface area contributed by atoms with Crippen LogP contribution in [-0.2, 0) is 21.6 Å². The van der Waals surface area contributed by atoms with Gasteiger partial charge in [0.15, 0.2) is 0 Å². The number of carbonyl (C=O) groups is 1. The molecular weight excluding hydrogens is 520 g/mol. The number of carbonyl (C=O) groups excluding carboxylic acids is 1. The summed E-state index contributed by atoms with van der Waals surface area (Å²) in [5, 5.41) is 16.7. The monoisotopic (exact) mass is 568 g/mol. The molecule has 1 saturated carbocycles. The van der Waals surface area contributed by atoms with Crippen molar-refractivity contribution in [3.05, 3.63) is 58.6 Å². The zero-order valence-electron chi connectivity index (χ0n) is 24.8. The number of aliphatic hydroxyl groups is 1. The number of unbranched alkanes of at least 4 members (excludes halogenated alkanes) is 1. The average Bonchev–Trinajstić information content (AvgIpc) is 2.99. The highest BCUT2D eigenvalue weighted by atomic mass is 35.5. The van der Waals surface area contributed by atoms with Gasteiger partial charge in [-0.2, -0.15) is 0 Å². The predicted octanol–water partition coefficient (Wildman–Crippen LogP) is 6.84. The Hall–Kier alpha value is -1.92. The quantitative estimate of drug-likeness (QED) is 0.275. The summed E-state index contributed by atoms with van der Waals surface area (Å²) in [4.78, 5) is 15.8. The Morgan fingerprint density at radius 3 is 2.62 bits per heavy atom. The van der Waals surface area contributed by atoms with E-state index in [1.165, 1.54) is 5.56 Å². The number of halogens is 1. The highest BCUT2D eigenvalue weighted by molar-refractivity contribution is 6.33. The number of aryl methyl sites for hydroxylation is 1. The van der Waals surface area contributed by atoms with Crippen LogP contribution in [0, 0.1) is 17.8 Å². The number of nitrogens with zero attached hydrogens (tertiary/aromatic N) is 1. The lowest BCUT2D eigenvalue weighted by atomic mass is 9.71. The number of ether oxygens (including phenoxy) is 1. The standard InChI is InChI=1S/C34H49ClN2O3/c1-4-25-10-7-11-28(22-25)32-30(13-8-14-31(32)35)34(39,19-5-6-21-40-3)29-12-9-20-37(24-29)33(38)27-17-15-26(16-18-27)23-36-2/h7-8,10-11,13-14,22,26-27,29,36,39H,4-6,9,12,15-21,23-24H2,1-3H3/t26?,27?,29-,34+/m1/s1. The minimum Gasteiger partial charge on any atom is -0.385 e. The van der Waals surface area contributed by atoms with E-state index in [0.717, 1.165) is 87.6 Å². The van der Waals surface area contributed by atoms with Gasteiger partial charge in [-0.05, 0) is 106 Å². The van der Waals surface area contributed by atoms with Crippen molar-refractivity contribution in [3.63, 3.8) is 0 Å². The van der Waals surface area contributed by atoms with Gasteiger partial charge in [0.2, 0.25) is 5.91 Å². The fraction of sp³-hybridized carbons (Fsp3) is 0.618. The molecule has 2 fully saturated rings. The van der Waals surface area contributed by atoms with Crippen molar-refractivity contribution >= 4 is 17.5 Å². The summed E-state index contributed by atoms with van der Waals surface area (Å²) in [6.07, 6.45) is 9.23. The average molecular weight is 569 g/mol. The molecule has 1 saturated heterocycles. The molecule has 40 heavy (non-hydrogen) atoms. The molecule has 4 rings (SSSR count). The van der Waals surface area contributed by atoms with E-state index in [0.29, 0.717) is 30.5 Å². The topological polar surface area (TPSA) is 61.8 Å². The third-order valence-electron chi connectivity index (χ3n) is 9.36. The van der Waals surface area contributed by atoms with Gasteiger partial charge in [0.1, 0.15) is 0 Å². The molecular formula is C34H49ClN2O3. The zero-order valence-corrected chi connectivity index (χ0v) is 25.5. The number of benzene rings is 2. The summed E-state index contributed by atoms with van der Waals surface area (Å²) >= 11 is 6.90. The second kappa shape index (κ2) is 14.8. The molecule has 0 radical (unpaired) electrons. The number of hydrogen-bond acceptors (Lipinski definition) is 4. The first-order valence-corrected chi connectivity index (χ1v) is 15.8. The number of amides is 1. The molecule has 2 atom stereocenters. The molecule has 5 nitrogen and oxygen atoms in total. The number of nitrogens with one attached hydrogen (secondary N) is 1. The van der Waals surface area contributed by atoms with E-state index in [-0.39, 0.29) is 17.7 Å². The molecule has 0 unspecified atom stereocenters. The molecule has 2 aromatic rings. The van der Waals surface area contributed by atoms with Gasteiger partial charge in [-0.3, -0.25) is 4.79 Å². The number of rotatable bonds is 12. The van der Waals surface area contributed by atoms with Crippen LogP contribution in [0.2, 0.25) is 5.02 Å². The first-order valence-electron chi connectivity index (χ1n) is 15.4. The minimum absolute atomic E-state index is 0.0556. The summed E-state index contributed by atoms with van der Waals surface area (Å²) in [5.74, 6) is 1.02. The maximum absolute atomic E-state index is 13.7. The molecule has 220 valence electrons. The van der Waals surface area contributed by atoms with Crippen LogP contribution in [0.25, 0.3) is 11.1 Å². The lowest BCUT2D eigenvalue weighted by Gasteiger charge is -2.45.